The second kappa shape index (κ2) is 8.99. The molecule has 1 aliphatic heterocycles. The monoisotopic (exact) mass is 601 g/mol. The van der Waals surface area contributed by atoms with Crippen molar-refractivity contribution >= 4 is 71.1 Å². The number of benzene rings is 6. The number of nitrogens with zero attached hydrogens (tertiary/aromatic N) is 3. The summed E-state index contributed by atoms with van der Waals surface area (Å²) in [6, 6.07) is 45.5. The Hall–Kier alpha value is -6.13. The number of para-hydroxylation sites is 3. The molecule has 0 fully saturated rings. The average Bonchev–Trinajstić information content (AvgIpc) is 3.76. The third-order valence-corrected chi connectivity index (χ3v) is 10.6. The lowest BCUT2D eigenvalue weighted by molar-refractivity contribution is 0.745. The molecule has 220 valence electrons. The number of aromatic nitrogens is 2. The summed E-state index contributed by atoms with van der Waals surface area (Å²) in [5.74, 6) is 0.292. The number of rotatable bonds is 2. The Bertz CT molecular complexity index is 2850. The summed E-state index contributed by atoms with van der Waals surface area (Å²) in [4.78, 5) is 16.8. The van der Waals surface area contributed by atoms with Crippen LogP contribution in [0.3, 0.4) is 0 Å². The molecule has 4 nitrogen and oxygen atoms in total. The summed E-state index contributed by atoms with van der Waals surface area (Å²) in [7, 11) is 0. The first-order chi connectivity index (χ1) is 23.3. The molecule has 0 N–H and O–H groups in total. The first kappa shape index (κ1) is 25.1. The summed E-state index contributed by atoms with van der Waals surface area (Å²) in [5, 5.41) is 7.46. The molecule has 47 heavy (non-hydrogen) atoms. The lowest BCUT2D eigenvalue weighted by atomic mass is 9.91. The van der Waals surface area contributed by atoms with Crippen LogP contribution in [0.5, 0.6) is 0 Å². The standard InChI is InChI=1S/C43H27N3O/c47-43-33-16-2-1-11-28(33)35-24-27(45-39-19-9-5-14-31(39)32-15-6-10-20-40(32)45)25-36-34-23-26(21-22-41(34)46(43)42(35)36)44-37-17-7-3-12-29(37)30-13-4-8-18-38(30)44/h1-25,31,39H. The molecule has 4 heterocycles. The van der Waals surface area contributed by atoms with E-state index in [2.05, 4.69) is 143 Å². The Morgan fingerprint density at radius 2 is 1.11 bits per heavy atom. The van der Waals surface area contributed by atoms with Crippen molar-refractivity contribution in [1.82, 2.24) is 8.97 Å². The van der Waals surface area contributed by atoms with Crippen molar-refractivity contribution in [2.45, 2.75) is 12.0 Å². The molecule has 0 saturated carbocycles. The molecule has 1 aliphatic carbocycles. The molecule has 9 aromatic rings. The van der Waals surface area contributed by atoms with Crippen LogP contribution in [-0.4, -0.2) is 15.0 Å². The Labute approximate surface area is 269 Å². The number of anilines is 2. The van der Waals surface area contributed by atoms with Gasteiger partial charge in [-0.25, -0.2) is 0 Å². The van der Waals surface area contributed by atoms with E-state index in [0.29, 0.717) is 5.92 Å². The van der Waals surface area contributed by atoms with Crippen molar-refractivity contribution in [3.05, 3.63) is 168 Å². The maximum atomic E-state index is 14.3. The van der Waals surface area contributed by atoms with E-state index in [1.165, 1.54) is 33.1 Å². The number of allylic oxidation sites excluding steroid dienone is 2. The van der Waals surface area contributed by atoms with E-state index in [-0.39, 0.29) is 11.6 Å². The highest BCUT2D eigenvalue weighted by Gasteiger charge is 2.37. The summed E-state index contributed by atoms with van der Waals surface area (Å²) in [5.41, 5.74) is 9.08. The maximum absolute atomic E-state index is 14.3. The van der Waals surface area contributed by atoms with Crippen molar-refractivity contribution in [2.75, 3.05) is 4.90 Å². The van der Waals surface area contributed by atoms with Crippen molar-refractivity contribution in [3.8, 4) is 5.69 Å². The third kappa shape index (κ3) is 3.19. The fourth-order valence-corrected chi connectivity index (χ4v) is 8.63. The van der Waals surface area contributed by atoms with Crippen LogP contribution in [0.1, 0.15) is 11.5 Å². The van der Waals surface area contributed by atoms with Gasteiger partial charge in [-0.15, -0.1) is 0 Å². The minimum absolute atomic E-state index is 0.0254. The molecular weight excluding hydrogens is 574 g/mol. The van der Waals surface area contributed by atoms with E-state index < -0.39 is 0 Å². The van der Waals surface area contributed by atoms with Crippen molar-refractivity contribution in [3.63, 3.8) is 0 Å². The predicted molar refractivity (Wildman–Crippen MR) is 195 cm³/mol. The number of fused-ring (bicyclic) bond motifs is 11. The highest BCUT2D eigenvalue weighted by Crippen LogP contribution is 2.49. The van der Waals surface area contributed by atoms with Crippen LogP contribution in [0.4, 0.5) is 11.4 Å². The van der Waals surface area contributed by atoms with E-state index >= 15 is 0 Å². The van der Waals surface area contributed by atoms with Crippen LogP contribution in [0, 0.1) is 0 Å². The third-order valence-electron chi connectivity index (χ3n) is 10.6. The van der Waals surface area contributed by atoms with Crippen molar-refractivity contribution in [2.24, 2.45) is 0 Å². The second-order valence-corrected chi connectivity index (χ2v) is 12.9. The molecule has 0 amide bonds. The second-order valence-electron chi connectivity index (χ2n) is 12.9. The Kier molecular flexibility index (Phi) is 4.80. The fourth-order valence-electron chi connectivity index (χ4n) is 8.63. The Morgan fingerprint density at radius 3 is 1.89 bits per heavy atom. The number of hydrogen-bond donors (Lipinski definition) is 0. The molecule has 0 bridgehead atoms. The molecule has 3 aromatic heterocycles. The van der Waals surface area contributed by atoms with Crippen LogP contribution >= 0.6 is 0 Å². The van der Waals surface area contributed by atoms with E-state index in [4.69, 9.17) is 0 Å². The SMILES string of the molecule is O=c1c2ccccc2c2cc(N3c4ccccc4C4C=CC=CC43)cc3c4cc(-n5c6ccccc6c6ccccc65)ccc4n1c23. The Morgan fingerprint density at radius 1 is 0.489 bits per heavy atom. The highest BCUT2D eigenvalue weighted by molar-refractivity contribution is 6.22. The first-order valence-electron chi connectivity index (χ1n) is 16.2. The van der Waals surface area contributed by atoms with Crippen LogP contribution in [-0.2, 0) is 0 Å². The quantitative estimate of drug-likeness (QED) is 0.185. The normalized spacial score (nSPS) is 17.2. The van der Waals surface area contributed by atoms with E-state index in [9.17, 15) is 4.79 Å². The number of pyridine rings is 1. The van der Waals surface area contributed by atoms with E-state index in [1.54, 1.807) is 0 Å². The molecule has 0 radical (unpaired) electrons. The average molecular weight is 602 g/mol. The molecule has 11 rings (SSSR count). The Balaban J connectivity index is 1.27. The minimum atomic E-state index is 0.0254. The van der Waals surface area contributed by atoms with Gasteiger partial charge < -0.3 is 9.47 Å². The van der Waals surface area contributed by atoms with Gasteiger partial charge in [0.1, 0.15) is 0 Å². The van der Waals surface area contributed by atoms with E-state index in [1.807, 2.05) is 22.6 Å². The summed E-state index contributed by atoms with van der Waals surface area (Å²) in [6.45, 7) is 0. The molecule has 2 aliphatic rings. The van der Waals surface area contributed by atoms with Crippen molar-refractivity contribution < 1.29 is 0 Å². The summed E-state index contributed by atoms with van der Waals surface area (Å²) < 4.78 is 4.31. The van der Waals surface area contributed by atoms with Gasteiger partial charge in [0, 0.05) is 55.3 Å². The van der Waals surface area contributed by atoms with Gasteiger partial charge in [-0.3, -0.25) is 9.20 Å². The molecule has 2 atom stereocenters. The lowest BCUT2D eigenvalue weighted by Gasteiger charge is -2.29. The topological polar surface area (TPSA) is 29.7 Å². The van der Waals surface area contributed by atoms with Gasteiger partial charge in [-0.2, -0.15) is 0 Å². The molecule has 0 spiro atoms. The van der Waals surface area contributed by atoms with Gasteiger partial charge in [0.25, 0.3) is 5.56 Å². The largest absolute Gasteiger partial charge is 0.333 e. The summed E-state index contributed by atoms with van der Waals surface area (Å²) in [6.07, 6.45) is 8.98. The predicted octanol–water partition coefficient (Wildman–Crippen LogP) is 10.0. The fraction of sp³-hybridized carbons (Fsp3) is 0.0465. The molecular formula is C43H27N3O. The lowest BCUT2D eigenvalue weighted by Crippen LogP contribution is -2.28. The van der Waals surface area contributed by atoms with Gasteiger partial charge in [-0.1, -0.05) is 97.1 Å². The zero-order valence-corrected chi connectivity index (χ0v) is 25.3. The zero-order valence-electron chi connectivity index (χ0n) is 25.3. The van der Waals surface area contributed by atoms with Crippen molar-refractivity contribution in [1.29, 1.82) is 0 Å². The summed E-state index contributed by atoms with van der Waals surface area (Å²) >= 11 is 0. The van der Waals surface area contributed by atoms with Crippen LogP contribution in [0.15, 0.2) is 156 Å². The first-order valence-corrected chi connectivity index (χ1v) is 16.2. The van der Waals surface area contributed by atoms with Crippen LogP contribution in [0.2, 0.25) is 0 Å². The minimum Gasteiger partial charge on any atom is -0.333 e. The molecule has 2 unspecified atom stereocenters. The number of hydrogen-bond acceptors (Lipinski definition) is 2. The maximum Gasteiger partial charge on any atom is 0.263 e. The van der Waals surface area contributed by atoms with Crippen LogP contribution in [0.25, 0.3) is 65.5 Å². The molecule has 0 saturated heterocycles. The van der Waals surface area contributed by atoms with E-state index in [0.717, 1.165) is 49.3 Å². The van der Waals surface area contributed by atoms with Gasteiger partial charge in [0.2, 0.25) is 0 Å². The molecule has 6 aromatic carbocycles. The van der Waals surface area contributed by atoms with Crippen LogP contribution < -0.4 is 10.5 Å². The van der Waals surface area contributed by atoms with Gasteiger partial charge in [0.15, 0.2) is 0 Å². The van der Waals surface area contributed by atoms with Gasteiger partial charge in [0.05, 0.1) is 28.1 Å². The smallest absolute Gasteiger partial charge is 0.263 e. The van der Waals surface area contributed by atoms with Gasteiger partial charge in [-0.05, 0) is 65.5 Å². The highest BCUT2D eigenvalue weighted by atomic mass is 16.1. The zero-order chi connectivity index (χ0) is 30.8. The van der Waals surface area contributed by atoms with Gasteiger partial charge >= 0.3 is 0 Å². The molecule has 4 heteroatoms.